The molecule has 5 aromatic rings. The topological polar surface area (TPSA) is 52.2 Å². The van der Waals surface area contributed by atoms with Gasteiger partial charge in [-0.25, -0.2) is 0 Å². The number of rotatable bonds is 3. The molecular weight excluding hydrogens is 422 g/mol. The minimum Gasteiger partial charge on any atom is -0.456 e. The number of halogens is 1. The summed E-state index contributed by atoms with van der Waals surface area (Å²) >= 11 is 5.99. The van der Waals surface area contributed by atoms with Crippen LogP contribution < -0.4 is 5.43 Å². The molecule has 0 aliphatic rings. The first kappa shape index (κ1) is 20.3. The average Bonchev–Trinajstić information content (AvgIpc) is 3.04. The van der Waals surface area contributed by atoms with Crippen molar-refractivity contribution in [3.63, 3.8) is 0 Å². The second-order valence-electron chi connectivity index (χ2n) is 8.03. The van der Waals surface area contributed by atoms with Crippen LogP contribution in [-0.4, -0.2) is 10.4 Å². The molecule has 0 aliphatic heterocycles. The molecular formula is C27H20ClNO3. The van der Waals surface area contributed by atoms with E-state index in [4.69, 9.17) is 16.0 Å². The summed E-state index contributed by atoms with van der Waals surface area (Å²) < 4.78 is 8.14. The maximum absolute atomic E-state index is 13.0. The predicted molar refractivity (Wildman–Crippen MR) is 129 cm³/mol. The molecule has 4 nitrogen and oxygen atoms in total. The molecule has 0 fully saturated rings. The van der Waals surface area contributed by atoms with E-state index in [0.29, 0.717) is 27.3 Å². The van der Waals surface area contributed by atoms with Crippen LogP contribution in [0.5, 0.6) is 0 Å². The highest BCUT2D eigenvalue weighted by Crippen LogP contribution is 2.33. The number of benzene rings is 3. The monoisotopic (exact) mass is 441 g/mol. The van der Waals surface area contributed by atoms with E-state index < -0.39 is 0 Å². The van der Waals surface area contributed by atoms with E-state index in [1.807, 2.05) is 60.9 Å². The van der Waals surface area contributed by atoms with Crippen molar-refractivity contribution in [2.75, 3.05) is 0 Å². The fraction of sp³-hybridized carbons (Fsp3) is 0.111. The molecule has 2 aromatic heterocycles. The number of carbonyl (C=O) groups is 1. The lowest BCUT2D eigenvalue weighted by molar-refractivity contribution is 0.101. The van der Waals surface area contributed by atoms with Crippen LogP contribution in [0.4, 0.5) is 0 Å². The van der Waals surface area contributed by atoms with Gasteiger partial charge >= 0.3 is 0 Å². The number of Topliss-reactive ketones (excluding diaryl/α,β-unsaturated/α-hetero) is 1. The molecule has 2 heterocycles. The fourth-order valence-electron chi connectivity index (χ4n) is 4.29. The molecule has 0 amide bonds. The Bertz CT molecular complexity index is 1570. The molecule has 3 aromatic carbocycles. The summed E-state index contributed by atoms with van der Waals surface area (Å²) in [5, 5.41) is 1.84. The third kappa shape index (κ3) is 3.24. The van der Waals surface area contributed by atoms with Crippen molar-refractivity contribution in [2.24, 2.45) is 0 Å². The largest absolute Gasteiger partial charge is 0.456 e. The van der Waals surface area contributed by atoms with Crippen LogP contribution in [-0.2, 0) is 0 Å². The predicted octanol–water partition coefficient (Wildman–Crippen LogP) is 6.88. The first-order valence-electron chi connectivity index (χ1n) is 10.3. The second kappa shape index (κ2) is 7.50. The van der Waals surface area contributed by atoms with E-state index in [1.165, 1.54) is 6.07 Å². The lowest BCUT2D eigenvalue weighted by Gasteiger charge is -2.10. The molecule has 0 aliphatic carbocycles. The normalized spacial score (nSPS) is 11.4. The quantitative estimate of drug-likeness (QED) is 0.287. The Labute approximate surface area is 189 Å². The molecule has 0 atom stereocenters. The SMILES string of the molecule is CC(=O)c1c(C)n(-c2ccc(C)cc2)c2cc3c(=O)cc(-c4ccc(Cl)cc4)oc3cc12. The van der Waals surface area contributed by atoms with Crippen molar-refractivity contribution in [1.82, 2.24) is 4.57 Å². The van der Waals surface area contributed by atoms with Crippen LogP contribution in [0.25, 0.3) is 38.9 Å². The van der Waals surface area contributed by atoms with Crippen molar-refractivity contribution in [1.29, 1.82) is 0 Å². The zero-order chi connectivity index (χ0) is 22.6. The maximum atomic E-state index is 13.0. The summed E-state index contributed by atoms with van der Waals surface area (Å²) in [5.41, 5.74) is 5.40. The van der Waals surface area contributed by atoms with Gasteiger partial charge in [0.15, 0.2) is 11.2 Å². The van der Waals surface area contributed by atoms with Gasteiger partial charge in [-0.05, 0) is 69.3 Å². The highest BCUT2D eigenvalue weighted by atomic mass is 35.5. The van der Waals surface area contributed by atoms with Gasteiger partial charge in [-0.15, -0.1) is 0 Å². The first-order valence-corrected chi connectivity index (χ1v) is 10.7. The standard InChI is InChI=1S/C27H20ClNO3/c1-15-4-10-20(11-5-15)29-16(2)27(17(3)30)21-13-26-22(12-23(21)29)24(31)14-25(32-26)18-6-8-19(28)9-7-18/h4-14H,1-3H3. The van der Waals surface area contributed by atoms with Crippen LogP contribution in [0.1, 0.15) is 28.5 Å². The van der Waals surface area contributed by atoms with Gasteiger partial charge in [-0.2, -0.15) is 0 Å². The Morgan fingerprint density at radius 2 is 1.59 bits per heavy atom. The summed E-state index contributed by atoms with van der Waals surface area (Å²) in [6.45, 7) is 5.52. The third-order valence-corrected chi connectivity index (χ3v) is 6.08. The van der Waals surface area contributed by atoms with E-state index in [2.05, 4.69) is 0 Å². The highest BCUT2D eigenvalue weighted by molar-refractivity contribution is 6.30. The number of aryl methyl sites for hydroxylation is 1. The zero-order valence-corrected chi connectivity index (χ0v) is 18.7. The van der Waals surface area contributed by atoms with Crippen LogP contribution in [0.15, 0.2) is 75.9 Å². The van der Waals surface area contributed by atoms with Crippen molar-refractivity contribution in [3.8, 4) is 17.0 Å². The number of ketones is 1. The molecule has 0 unspecified atom stereocenters. The van der Waals surface area contributed by atoms with Crippen LogP contribution in [0, 0.1) is 13.8 Å². The molecule has 32 heavy (non-hydrogen) atoms. The van der Waals surface area contributed by atoms with Crippen molar-refractivity contribution in [3.05, 3.63) is 98.8 Å². The number of aromatic nitrogens is 1. The Kier molecular flexibility index (Phi) is 4.75. The van der Waals surface area contributed by atoms with E-state index in [-0.39, 0.29) is 11.2 Å². The van der Waals surface area contributed by atoms with Gasteiger partial charge in [0.2, 0.25) is 0 Å². The van der Waals surface area contributed by atoms with Crippen LogP contribution in [0.2, 0.25) is 5.02 Å². The molecule has 0 spiro atoms. The van der Waals surface area contributed by atoms with Gasteiger partial charge in [0.25, 0.3) is 0 Å². The van der Waals surface area contributed by atoms with Gasteiger partial charge in [0, 0.05) is 39.0 Å². The first-order chi connectivity index (χ1) is 15.3. The number of hydrogen-bond donors (Lipinski definition) is 0. The Hall–Kier alpha value is -3.63. The van der Waals surface area contributed by atoms with E-state index >= 15 is 0 Å². The summed E-state index contributed by atoms with van der Waals surface area (Å²) in [5.74, 6) is 0.423. The zero-order valence-electron chi connectivity index (χ0n) is 17.9. The fourth-order valence-corrected chi connectivity index (χ4v) is 4.42. The minimum absolute atomic E-state index is 0.0334. The summed E-state index contributed by atoms with van der Waals surface area (Å²) in [6.07, 6.45) is 0. The summed E-state index contributed by atoms with van der Waals surface area (Å²) in [7, 11) is 0. The van der Waals surface area contributed by atoms with Gasteiger partial charge in [0.1, 0.15) is 11.3 Å². The van der Waals surface area contributed by atoms with Crippen molar-refractivity contribution < 1.29 is 9.21 Å². The molecule has 158 valence electrons. The van der Waals surface area contributed by atoms with E-state index in [9.17, 15) is 9.59 Å². The number of fused-ring (bicyclic) bond motifs is 2. The number of hydrogen-bond acceptors (Lipinski definition) is 3. The molecule has 5 heteroatoms. The molecule has 0 saturated carbocycles. The molecule has 0 radical (unpaired) electrons. The molecule has 0 bridgehead atoms. The van der Waals surface area contributed by atoms with Gasteiger partial charge in [-0.3, -0.25) is 9.59 Å². The third-order valence-electron chi connectivity index (χ3n) is 5.83. The van der Waals surface area contributed by atoms with Gasteiger partial charge in [-0.1, -0.05) is 29.3 Å². The van der Waals surface area contributed by atoms with E-state index in [0.717, 1.165) is 33.4 Å². The van der Waals surface area contributed by atoms with Crippen molar-refractivity contribution in [2.45, 2.75) is 20.8 Å². The minimum atomic E-state index is -0.142. The van der Waals surface area contributed by atoms with Gasteiger partial charge < -0.3 is 8.98 Å². The molecule has 5 rings (SSSR count). The Morgan fingerprint density at radius 3 is 2.25 bits per heavy atom. The highest BCUT2D eigenvalue weighted by Gasteiger charge is 2.20. The van der Waals surface area contributed by atoms with Crippen molar-refractivity contribution >= 4 is 39.3 Å². The maximum Gasteiger partial charge on any atom is 0.193 e. The summed E-state index contributed by atoms with van der Waals surface area (Å²) in [6, 6.07) is 20.3. The summed E-state index contributed by atoms with van der Waals surface area (Å²) in [4.78, 5) is 25.6. The Balaban J connectivity index is 1.83. The number of carbonyl (C=O) groups excluding carboxylic acids is 1. The Morgan fingerprint density at radius 1 is 0.906 bits per heavy atom. The average molecular weight is 442 g/mol. The molecule has 0 saturated heterocycles. The lowest BCUT2D eigenvalue weighted by Crippen LogP contribution is -2.02. The second-order valence-corrected chi connectivity index (χ2v) is 8.47. The van der Waals surface area contributed by atoms with Gasteiger partial charge in [0.05, 0.1) is 10.9 Å². The van der Waals surface area contributed by atoms with Crippen LogP contribution in [0.3, 0.4) is 0 Å². The number of nitrogens with zero attached hydrogens (tertiary/aromatic N) is 1. The lowest BCUT2D eigenvalue weighted by atomic mass is 10.1. The van der Waals surface area contributed by atoms with E-state index in [1.54, 1.807) is 25.1 Å². The smallest absolute Gasteiger partial charge is 0.193 e. The molecule has 0 N–H and O–H groups in total. The van der Waals surface area contributed by atoms with Crippen LogP contribution >= 0.6 is 11.6 Å².